The number of hydrogen-bond acceptors (Lipinski definition) is 2. The molecule has 0 radical (unpaired) electrons. The summed E-state index contributed by atoms with van der Waals surface area (Å²) in [6.07, 6.45) is -3.17. The van der Waals surface area contributed by atoms with Crippen LogP contribution in [0.15, 0.2) is 6.07 Å². The Hall–Kier alpha value is -0.700. The molecule has 1 saturated heterocycles. The first-order chi connectivity index (χ1) is 9.43. The van der Waals surface area contributed by atoms with Crippen LogP contribution in [0.4, 0.5) is 26.3 Å². The first kappa shape index (κ1) is 21.3. The maximum atomic E-state index is 13.7. The molecule has 10 heteroatoms. The highest BCUT2D eigenvalue weighted by atomic mass is 35.5. The Kier molecular flexibility index (Phi) is 8.53. The number of benzene rings is 1. The predicted molar refractivity (Wildman–Crippen MR) is 74.0 cm³/mol. The molecule has 0 spiro atoms. The van der Waals surface area contributed by atoms with Crippen molar-refractivity contribution in [2.45, 2.75) is 12.5 Å². The van der Waals surface area contributed by atoms with Crippen molar-refractivity contribution in [1.82, 2.24) is 10.2 Å². The smallest absolute Gasteiger partial charge is 0.258 e. The molecule has 2 rings (SSSR count). The Morgan fingerprint density at radius 1 is 0.909 bits per heavy atom. The Labute approximate surface area is 135 Å². The monoisotopic (exact) mass is 370 g/mol. The number of hydrogen-bond donors (Lipinski definition) is 1. The molecule has 0 bridgehead atoms. The van der Waals surface area contributed by atoms with Gasteiger partial charge in [-0.05, 0) is 0 Å². The fourth-order valence-corrected chi connectivity index (χ4v) is 2.28. The van der Waals surface area contributed by atoms with E-state index in [1.807, 2.05) is 0 Å². The van der Waals surface area contributed by atoms with Crippen molar-refractivity contribution in [3.05, 3.63) is 34.9 Å². The van der Waals surface area contributed by atoms with Gasteiger partial charge < -0.3 is 5.32 Å². The van der Waals surface area contributed by atoms with Crippen LogP contribution in [0.2, 0.25) is 0 Å². The highest BCUT2D eigenvalue weighted by Crippen LogP contribution is 2.33. The van der Waals surface area contributed by atoms with Gasteiger partial charge >= 0.3 is 0 Å². The van der Waals surface area contributed by atoms with Crippen molar-refractivity contribution < 1.29 is 26.3 Å². The number of nitrogens with zero attached hydrogens (tertiary/aromatic N) is 1. The van der Waals surface area contributed by atoms with Gasteiger partial charge in [0.1, 0.15) is 6.04 Å². The van der Waals surface area contributed by atoms with Crippen LogP contribution in [-0.4, -0.2) is 37.5 Å². The van der Waals surface area contributed by atoms with E-state index < -0.39 is 41.3 Å². The summed E-state index contributed by atoms with van der Waals surface area (Å²) in [5.41, 5.74) is -1.25. The quantitative estimate of drug-likeness (QED) is 0.648. The normalized spacial score (nSPS) is 16.9. The van der Waals surface area contributed by atoms with Crippen LogP contribution in [0.3, 0.4) is 0 Å². The van der Waals surface area contributed by atoms with Gasteiger partial charge in [0.25, 0.3) is 6.43 Å². The van der Waals surface area contributed by atoms with E-state index in [-0.39, 0.29) is 44.0 Å². The third kappa shape index (κ3) is 4.18. The molecule has 22 heavy (non-hydrogen) atoms. The summed E-state index contributed by atoms with van der Waals surface area (Å²) in [6, 6.07) is -2.00. The minimum atomic E-state index is -3.17. The van der Waals surface area contributed by atoms with Gasteiger partial charge in [-0.1, -0.05) is 0 Å². The molecule has 0 saturated carbocycles. The molecule has 1 fully saturated rings. The fraction of sp³-hybridized carbons (Fsp3) is 0.500. The molecular formula is C12H14Cl2F6N2. The minimum Gasteiger partial charge on any atom is -0.314 e. The molecule has 0 aliphatic carbocycles. The second-order valence-corrected chi connectivity index (χ2v) is 4.45. The molecule has 0 aromatic heterocycles. The second kappa shape index (κ2) is 8.81. The highest BCUT2D eigenvalue weighted by molar-refractivity contribution is 5.85. The summed E-state index contributed by atoms with van der Waals surface area (Å²) in [5.74, 6) is -6.90. The summed E-state index contributed by atoms with van der Waals surface area (Å²) in [6.45, 7) is 0.909. The molecule has 1 aromatic rings. The molecular weight excluding hydrogens is 357 g/mol. The zero-order valence-electron chi connectivity index (χ0n) is 11.1. The largest absolute Gasteiger partial charge is 0.314 e. The first-order valence-electron chi connectivity index (χ1n) is 5.99. The number of nitrogens with one attached hydrogen (secondary N) is 1. The molecule has 1 aliphatic rings. The van der Waals surface area contributed by atoms with Gasteiger partial charge in [0.2, 0.25) is 0 Å². The maximum absolute atomic E-state index is 13.7. The SMILES string of the molecule is Cl.Cl.Fc1cc(F)c(F)c([C@H](C(F)F)N2CCNCC2)c1F. The molecule has 1 atom stereocenters. The summed E-state index contributed by atoms with van der Waals surface area (Å²) in [5, 5.41) is 2.89. The lowest BCUT2D eigenvalue weighted by atomic mass is 10.0. The van der Waals surface area contributed by atoms with Gasteiger partial charge in [-0.2, -0.15) is 0 Å². The Morgan fingerprint density at radius 3 is 1.77 bits per heavy atom. The Balaban J connectivity index is 0.00000220. The van der Waals surface area contributed by atoms with Gasteiger partial charge in [0, 0.05) is 32.2 Å². The summed E-state index contributed by atoms with van der Waals surface area (Å²) < 4.78 is 79.9. The average Bonchev–Trinajstić information content (AvgIpc) is 2.42. The van der Waals surface area contributed by atoms with Crippen LogP contribution < -0.4 is 5.32 Å². The van der Waals surface area contributed by atoms with Crippen molar-refractivity contribution in [3.63, 3.8) is 0 Å². The molecule has 1 heterocycles. The molecule has 1 aliphatic heterocycles. The van der Waals surface area contributed by atoms with Gasteiger partial charge in [-0.15, -0.1) is 24.8 Å². The van der Waals surface area contributed by atoms with E-state index in [4.69, 9.17) is 0 Å². The van der Waals surface area contributed by atoms with Crippen molar-refractivity contribution in [2.24, 2.45) is 0 Å². The predicted octanol–water partition coefficient (Wildman–Crippen LogP) is 3.30. The Morgan fingerprint density at radius 2 is 1.36 bits per heavy atom. The van der Waals surface area contributed by atoms with Crippen molar-refractivity contribution in [1.29, 1.82) is 0 Å². The molecule has 0 amide bonds. The van der Waals surface area contributed by atoms with Gasteiger partial charge in [0.15, 0.2) is 23.3 Å². The van der Waals surface area contributed by atoms with Crippen LogP contribution in [-0.2, 0) is 0 Å². The minimum absolute atomic E-state index is 0. The topological polar surface area (TPSA) is 15.3 Å². The van der Waals surface area contributed by atoms with E-state index in [0.717, 1.165) is 4.90 Å². The van der Waals surface area contributed by atoms with Gasteiger partial charge in [-0.25, -0.2) is 26.3 Å². The number of rotatable bonds is 3. The van der Waals surface area contributed by atoms with Crippen LogP contribution in [0.5, 0.6) is 0 Å². The molecule has 1 aromatic carbocycles. The van der Waals surface area contributed by atoms with Crippen LogP contribution in [0, 0.1) is 23.3 Å². The van der Waals surface area contributed by atoms with Gasteiger partial charge in [-0.3, -0.25) is 4.90 Å². The van der Waals surface area contributed by atoms with E-state index in [1.54, 1.807) is 0 Å². The second-order valence-electron chi connectivity index (χ2n) is 4.45. The number of halogens is 8. The fourth-order valence-electron chi connectivity index (χ4n) is 2.28. The standard InChI is InChI=1S/C12H12F6N2.2ClH/c13-6-5-7(14)10(16)8(9(6)15)11(12(17)18)20-3-1-19-2-4-20;;/h5,11-12,19H,1-4H2;2*1H/t11-;;/m1../s1. The summed E-state index contributed by atoms with van der Waals surface area (Å²) in [7, 11) is 0. The first-order valence-corrected chi connectivity index (χ1v) is 5.99. The maximum Gasteiger partial charge on any atom is 0.258 e. The lowest BCUT2D eigenvalue weighted by Crippen LogP contribution is -2.47. The molecule has 1 N–H and O–H groups in total. The van der Waals surface area contributed by atoms with Crippen LogP contribution in [0.1, 0.15) is 11.6 Å². The Bertz CT molecular complexity index is 471. The van der Waals surface area contributed by atoms with E-state index >= 15 is 0 Å². The lowest BCUT2D eigenvalue weighted by molar-refractivity contribution is 0.0138. The highest BCUT2D eigenvalue weighted by Gasteiger charge is 2.36. The van der Waals surface area contributed by atoms with Gasteiger partial charge in [0.05, 0.1) is 5.56 Å². The molecule has 128 valence electrons. The lowest BCUT2D eigenvalue weighted by Gasteiger charge is -2.34. The van der Waals surface area contributed by atoms with E-state index in [2.05, 4.69) is 5.32 Å². The van der Waals surface area contributed by atoms with E-state index in [0.29, 0.717) is 13.1 Å². The van der Waals surface area contributed by atoms with Crippen molar-refractivity contribution >= 4 is 24.8 Å². The number of piperazine rings is 1. The molecule has 2 nitrogen and oxygen atoms in total. The third-order valence-corrected chi connectivity index (χ3v) is 3.23. The summed E-state index contributed by atoms with van der Waals surface area (Å²) in [4.78, 5) is 1.11. The van der Waals surface area contributed by atoms with E-state index in [1.165, 1.54) is 0 Å². The zero-order chi connectivity index (χ0) is 14.9. The third-order valence-electron chi connectivity index (χ3n) is 3.23. The van der Waals surface area contributed by atoms with Crippen LogP contribution >= 0.6 is 24.8 Å². The van der Waals surface area contributed by atoms with Crippen LogP contribution in [0.25, 0.3) is 0 Å². The van der Waals surface area contributed by atoms with Crippen molar-refractivity contribution in [2.75, 3.05) is 26.2 Å². The average molecular weight is 371 g/mol. The zero-order valence-corrected chi connectivity index (χ0v) is 12.7. The molecule has 0 unspecified atom stereocenters. The number of alkyl halides is 2. The summed E-state index contributed by atoms with van der Waals surface area (Å²) >= 11 is 0. The van der Waals surface area contributed by atoms with Crippen molar-refractivity contribution in [3.8, 4) is 0 Å². The van der Waals surface area contributed by atoms with E-state index in [9.17, 15) is 26.3 Å².